The minimum absolute atomic E-state index is 0.385. The fourth-order valence-electron chi connectivity index (χ4n) is 1.28. The van der Waals surface area contributed by atoms with E-state index in [1.807, 2.05) is 0 Å². The molecule has 1 rings (SSSR count). The van der Waals surface area contributed by atoms with Crippen molar-refractivity contribution in [3.8, 4) is 0 Å². The maximum atomic E-state index is 5.40. The highest BCUT2D eigenvalue weighted by atomic mass is 32.5. The van der Waals surface area contributed by atoms with Gasteiger partial charge in [0.15, 0.2) is 0 Å². The van der Waals surface area contributed by atoms with Crippen LogP contribution in [-0.2, 0) is 20.9 Å². The topological polar surface area (TPSA) is 30.5 Å². The largest absolute Gasteiger partial charge is 0.321 e. The predicted molar refractivity (Wildman–Crippen MR) is 53.6 cm³/mol. The molecule has 2 atom stereocenters. The van der Waals surface area contributed by atoms with Gasteiger partial charge in [-0.25, -0.2) is 5.09 Å². The molecule has 72 valence electrons. The Kier molecular flexibility index (Phi) is 3.68. The van der Waals surface area contributed by atoms with Crippen molar-refractivity contribution < 1.29 is 9.05 Å². The van der Waals surface area contributed by atoms with Crippen molar-refractivity contribution in [2.45, 2.75) is 26.3 Å². The Labute approximate surface area is 79.0 Å². The van der Waals surface area contributed by atoms with Crippen LogP contribution in [0.5, 0.6) is 0 Å². The van der Waals surface area contributed by atoms with E-state index in [0.29, 0.717) is 18.6 Å². The van der Waals surface area contributed by atoms with Crippen LogP contribution in [-0.4, -0.2) is 19.8 Å². The monoisotopic (exact) mass is 209 g/mol. The molecule has 5 heteroatoms. The van der Waals surface area contributed by atoms with Crippen LogP contribution in [0.4, 0.5) is 0 Å². The van der Waals surface area contributed by atoms with Gasteiger partial charge in [0.05, 0.1) is 6.61 Å². The first-order valence-electron chi connectivity index (χ1n) is 4.14. The SMILES string of the molecule is COP1(=S)NC(CC(C)C)CO1. The van der Waals surface area contributed by atoms with Gasteiger partial charge < -0.3 is 9.05 Å². The Morgan fingerprint density at radius 1 is 1.75 bits per heavy atom. The summed E-state index contributed by atoms with van der Waals surface area (Å²) in [5, 5.41) is 3.23. The summed E-state index contributed by atoms with van der Waals surface area (Å²) in [6, 6.07) is 0.385. The summed E-state index contributed by atoms with van der Waals surface area (Å²) in [7, 11) is 1.60. The zero-order valence-electron chi connectivity index (χ0n) is 7.74. The lowest BCUT2D eigenvalue weighted by atomic mass is 10.1. The fraction of sp³-hybridized carbons (Fsp3) is 1.00. The molecule has 0 aromatic carbocycles. The smallest absolute Gasteiger partial charge is 0.261 e. The number of hydrogen-bond acceptors (Lipinski definition) is 3. The molecule has 1 N–H and O–H groups in total. The molecule has 0 amide bonds. The van der Waals surface area contributed by atoms with E-state index in [4.69, 9.17) is 20.9 Å². The third-order valence-electron chi connectivity index (χ3n) is 1.78. The summed E-state index contributed by atoms with van der Waals surface area (Å²) in [5.74, 6) is 0.671. The van der Waals surface area contributed by atoms with Crippen LogP contribution in [0, 0.1) is 5.92 Å². The highest BCUT2D eigenvalue weighted by molar-refractivity contribution is 8.09. The highest BCUT2D eigenvalue weighted by Gasteiger charge is 2.30. The zero-order chi connectivity index (χ0) is 9.19. The van der Waals surface area contributed by atoms with Crippen molar-refractivity contribution in [1.82, 2.24) is 5.09 Å². The van der Waals surface area contributed by atoms with Gasteiger partial charge in [-0.2, -0.15) is 0 Å². The van der Waals surface area contributed by atoms with Crippen LogP contribution in [0.25, 0.3) is 0 Å². The zero-order valence-corrected chi connectivity index (χ0v) is 9.45. The molecular formula is C7H16NO2PS. The molecule has 0 bridgehead atoms. The minimum atomic E-state index is -2.08. The third kappa shape index (κ3) is 2.79. The highest BCUT2D eigenvalue weighted by Crippen LogP contribution is 2.48. The minimum Gasteiger partial charge on any atom is -0.321 e. The van der Waals surface area contributed by atoms with Gasteiger partial charge >= 0.3 is 0 Å². The summed E-state index contributed by atoms with van der Waals surface area (Å²) >= 11 is 5.15. The van der Waals surface area contributed by atoms with Crippen LogP contribution in [0.3, 0.4) is 0 Å². The molecule has 1 heterocycles. The van der Waals surface area contributed by atoms with E-state index < -0.39 is 6.64 Å². The van der Waals surface area contributed by atoms with Gasteiger partial charge in [0.1, 0.15) is 0 Å². The molecule has 3 nitrogen and oxygen atoms in total. The quantitative estimate of drug-likeness (QED) is 0.719. The number of hydrogen-bond donors (Lipinski definition) is 1. The van der Waals surface area contributed by atoms with Gasteiger partial charge in [0.25, 0.3) is 6.64 Å². The number of rotatable bonds is 3. The molecule has 1 aliphatic rings. The van der Waals surface area contributed by atoms with Crippen LogP contribution in [0.15, 0.2) is 0 Å². The second kappa shape index (κ2) is 4.16. The lowest BCUT2D eigenvalue weighted by molar-refractivity contribution is 0.296. The molecule has 2 unspecified atom stereocenters. The molecule has 0 spiro atoms. The van der Waals surface area contributed by atoms with Gasteiger partial charge in [0, 0.05) is 13.2 Å². The second-order valence-corrected chi connectivity index (χ2v) is 6.75. The predicted octanol–water partition coefficient (Wildman–Crippen LogP) is 1.89. The molecule has 1 saturated heterocycles. The Morgan fingerprint density at radius 3 is 2.83 bits per heavy atom. The normalized spacial score (nSPS) is 36.2. The standard InChI is InChI=1S/C7H16NO2PS/c1-6(2)4-7-5-10-11(12,8-7)9-3/h6-7H,4-5H2,1-3H3,(H,8,12). The first-order chi connectivity index (χ1) is 5.56. The number of nitrogens with one attached hydrogen (secondary N) is 1. The lowest BCUT2D eigenvalue weighted by Gasteiger charge is -2.14. The van der Waals surface area contributed by atoms with E-state index in [9.17, 15) is 0 Å². The summed E-state index contributed by atoms with van der Waals surface area (Å²) in [4.78, 5) is 0. The van der Waals surface area contributed by atoms with Gasteiger partial charge in [0.2, 0.25) is 0 Å². The van der Waals surface area contributed by atoms with Crippen LogP contribution >= 0.6 is 6.64 Å². The first kappa shape index (κ1) is 10.6. The third-order valence-corrected chi connectivity index (χ3v) is 4.51. The summed E-state index contributed by atoms with van der Waals surface area (Å²) in [6.45, 7) is 3.00. The molecule has 0 aliphatic carbocycles. The van der Waals surface area contributed by atoms with Crippen LogP contribution < -0.4 is 5.09 Å². The molecule has 0 radical (unpaired) electrons. The van der Waals surface area contributed by atoms with Gasteiger partial charge in [-0.05, 0) is 24.1 Å². The molecule has 1 fully saturated rings. The molecular weight excluding hydrogens is 193 g/mol. The Balaban J connectivity index is 2.40. The van der Waals surface area contributed by atoms with Crippen molar-refractivity contribution in [2.24, 2.45) is 5.92 Å². The average molecular weight is 209 g/mol. The van der Waals surface area contributed by atoms with Crippen LogP contribution in [0.1, 0.15) is 20.3 Å². The van der Waals surface area contributed by atoms with E-state index in [1.54, 1.807) is 7.11 Å². The first-order valence-corrected chi connectivity index (χ1v) is 6.77. The fourth-order valence-corrected chi connectivity index (χ4v) is 3.20. The van der Waals surface area contributed by atoms with Crippen molar-refractivity contribution in [3.05, 3.63) is 0 Å². The molecule has 0 aromatic heterocycles. The van der Waals surface area contributed by atoms with E-state index in [1.165, 1.54) is 0 Å². The van der Waals surface area contributed by atoms with Gasteiger partial charge in [-0.1, -0.05) is 13.8 Å². The van der Waals surface area contributed by atoms with Crippen molar-refractivity contribution >= 4 is 18.4 Å². The van der Waals surface area contributed by atoms with Crippen LogP contribution in [0.2, 0.25) is 0 Å². The Morgan fingerprint density at radius 2 is 2.42 bits per heavy atom. The van der Waals surface area contributed by atoms with Crippen molar-refractivity contribution in [2.75, 3.05) is 13.7 Å². The van der Waals surface area contributed by atoms with Gasteiger partial charge in [-0.3, -0.25) is 0 Å². The Bertz CT molecular complexity index is 198. The summed E-state index contributed by atoms with van der Waals surface area (Å²) < 4.78 is 10.5. The molecule has 0 saturated carbocycles. The van der Waals surface area contributed by atoms with E-state index in [0.717, 1.165) is 6.42 Å². The van der Waals surface area contributed by atoms with Gasteiger partial charge in [-0.15, -0.1) is 0 Å². The average Bonchev–Trinajstić information content (AvgIpc) is 2.32. The van der Waals surface area contributed by atoms with E-state index in [2.05, 4.69) is 18.9 Å². The molecule has 0 aromatic rings. The molecule has 1 aliphatic heterocycles. The lowest BCUT2D eigenvalue weighted by Crippen LogP contribution is -2.23. The summed E-state index contributed by atoms with van der Waals surface area (Å²) in [5.41, 5.74) is 0. The van der Waals surface area contributed by atoms with E-state index in [-0.39, 0.29) is 0 Å². The second-order valence-electron chi connectivity index (χ2n) is 3.43. The maximum Gasteiger partial charge on any atom is 0.261 e. The Hall–Kier alpha value is 0.530. The van der Waals surface area contributed by atoms with E-state index >= 15 is 0 Å². The van der Waals surface area contributed by atoms with Crippen molar-refractivity contribution in [1.29, 1.82) is 0 Å². The van der Waals surface area contributed by atoms with Crippen molar-refractivity contribution in [3.63, 3.8) is 0 Å². The summed E-state index contributed by atoms with van der Waals surface area (Å²) in [6.07, 6.45) is 1.10. The molecule has 12 heavy (non-hydrogen) atoms. The maximum absolute atomic E-state index is 5.40.